The molecule has 0 aliphatic carbocycles. The van der Waals surface area contributed by atoms with Gasteiger partial charge in [0.2, 0.25) is 0 Å². The largest absolute Gasteiger partial charge is 0.383 e. The second-order valence-electron chi connectivity index (χ2n) is 7.34. The maximum atomic E-state index is 12.5. The molecule has 1 unspecified atom stereocenters. The van der Waals surface area contributed by atoms with Crippen molar-refractivity contribution in [1.29, 1.82) is 0 Å². The molecule has 1 N–H and O–H groups in total. The Morgan fingerprint density at radius 3 is 2.42 bits per heavy atom. The third kappa shape index (κ3) is 5.02. The molecule has 6 nitrogen and oxygen atoms in total. The van der Waals surface area contributed by atoms with Crippen molar-refractivity contribution in [3.8, 4) is 0 Å². The fourth-order valence-electron chi connectivity index (χ4n) is 2.53. The van der Waals surface area contributed by atoms with Crippen molar-refractivity contribution >= 4 is 5.91 Å². The summed E-state index contributed by atoms with van der Waals surface area (Å²) in [7, 11) is 1.55. The molecule has 26 heavy (non-hydrogen) atoms. The molecule has 1 amide bonds. The number of carbonyl (C=O) groups excluding carboxylic acids is 1. The molecule has 1 aromatic heterocycles. The van der Waals surface area contributed by atoms with E-state index < -0.39 is 0 Å². The maximum absolute atomic E-state index is 12.5. The van der Waals surface area contributed by atoms with Gasteiger partial charge in [-0.05, 0) is 29.5 Å². The first-order chi connectivity index (χ1) is 12.2. The van der Waals surface area contributed by atoms with Crippen molar-refractivity contribution in [2.24, 2.45) is 0 Å². The normalized spacial score (nSPS) is 12.7. The molecule has 2 rings (SSSR count). The number of carbonyl (C=O) groups is 1. The van der Waals surface area contributed by atoms with Gasteiger partial charge < -0.3 is 10.1 Å². The second kappa shape index (κ2) is 8.27. The van der Waals surface area contributed by atoms with Crippen LogP contribution in [0.2, 0.25) is 0 Å². The Morgan fingerprint density at radius 1 is 1.19 bits per heavy atom. The molecule has 0 spiro atoms. The molecule has 140 valence electrons. The lowest BCUT2D eigenvalue weighted by Gasteiger charge is -2.20. The van der Waals surface area contributed by atoms with Crippen molar-refractivity contribution in [2.45, 2.75) is 45.7 Å². The summed E-state index contributed by atoms with van der Waals surface area (Å²) in [4.78, 5) is 24.2. The van der Waals surface area contributed by atoms with Crippen molar-refractivity contribution in [2.75, 3.05) is 13.7 Å². The number of hydrogen-bond acceptors (Lipinski definition) is 4. The quantitative estimate of drug-likeness (QED) is 0.863. The van der Waals surface area contributed by atoms with Crippen LogP contribution in [0.15, 0.2) is 41.2 Å². The molecular formula is C20H27N3O3. The lowest BCUT2D eigenvalue weighted by molar-refractivity contribution is 0.0931. The number of ether oxygens (including phenoxy) is 1. The molecule has 0 saturated carbocycles. The molecule has 0 aliphatic heterocycles. The number of nitrogens with one attached hydrogen (secondary N) is 1. The molecule has 0 aliphatic rings. The molecule has 1 atom stereocenters. The average molecular weight is 357 g/mol. The highest BCUT2D eigenvalue weighted by Crippen LogP contribution is 2.23. The zero-order valence-corrected chi connectivity index (χ0v) is 16.1. The minimum absolute atomic E-state index is 0.0881. The van der Waals surface area contributed by atoms with E-state index >= 15 is 0 Å². The third-order valence-electron chi connectivity index (χ3n) is 4.23. The Balaban J connectivity index is 2.10. The predicted octanol–water partition coefficient (Wildman–Crippen LogP) is 2.68. The Morgan fingerprint density at radius 2 is 1.85 bits per heavy atom. The number of amides is 1. The monoisotopic (exact) mass is 357 g/mol. The third-order valence-corrected chi connectivity index (χ3v) is 4.23. The SMILES string of the molecule is COCCn1nc(C(=O)NC(C)c2ccc(C(C)(C)C)cc2)ccc1=O. The summed E-state index contributed by atoms with van der Waals surface area (Å²) in [5.74, 6) is -0.316. The van der Waals surface area contributed by atoms with Crippen molar-refractivity contribution < 1.29 is 9.53 Å². The smallest absolute Gasteiger partial charge is 0.272 e. The summed E-state index contributed by atoms with van der Waals surface area (Å²) in [5.41, 5.74) is 2.29. The van der Waals surface area contributed by atoms with Crippen LogP contribution in [0.3, 0.4) is 0 Å². The van der Waals surface area contributed by atoms with Crippen LogP contribution in [-0.2, 0) is 16.7 Å². The van der Waals surface area contributed by atoms with Gasteiger partial charge in [-0.1, -0.05) is 45.0 Å². The van der Waals surface area contributed by atoms with Gasteiger partial charge in [-0.15, -0.1) is 0 Å². The highest BCUT2D eigenvalue weighted by molar-refractivity contribution is 5.92. The van der Waals surface area contributed by atoms with Gasteiger partial charge in [0, 0.05) is 13.2 Å². The molecule has 0 saturated heterocycles. The minimum atomic E-state index is -0.316. The summed E-state index contributed by atoms with van der Waals surface area (Å²) in [6.45, 7) is 9.08. The topological polar surface area (TPSA) is 73.2 Å². The Kier molecular flexibility index (Phi) is 6.32. The summed E-state index contributed by atoms with van der Waals surface area (Å²) < 4.78 is 6.19. The van der Waals surface area contributed by atoms with E-state index in [1.165, 1.54) is 22.4 Å². The highest BCUT2D eigenvalue weighted by Gasteiger charge is 2.16. The standard InChI is InChI=1S/C20H27N3O3/c1-14(15-6-8-16(9-7-15)20(2,3)4)21-19(25)17-10-11-18(24)23(22-17)12-13-26-5/h6-11,14H,12-13H2,1-5H3,(H,21,25). The van der Waals surface area contributed by atoms with Crippen LogP contribution >= 0.6 is 0 Å². The molecule has 2 aromatic rings. The second-order valence-corrected chi connectivity index (χ2v) is 7.34. The minimum Gasteiger partial charge on any atom is -0.383 e. The fraction of sp³-hybridized carbons (Fsp3) is 0.450. The number of rotatable bonds is 6. The average Bonchev–Trinajstić information content (AvgIpc) is 2.60. The van der Waals surface area contributed by atoms with E-state index in [4.69, 9.17) is 4.74 Å². The molecule has 0 bridgehead atoms. The summed E-state index contributed by atoms with van der Waals surface area (Å²) in [6.07, 6.45) is 0. The van der Waals surface area contributed by atoms with Crippen LogP contribution < -0.4 is 10.9 Å². The van der Waals surface area contributed by atoms with Crippen LogP contribution in [0.25, 0.3) is 0 Å². The number of benzene rings is 1. The first-order valence-electron chi connectivity index (χ1n) is 8.71. The van der Waals surface area contributed by atoms with E-state index in [0.29, 0.717) is 13.2 Å². The van der Waals surface area contributed by atoms with Gasteiger partial charge in [-0.3, -0.25) is 9.59 Å². The van der Waals surface area contributed by atoms with Gasteiger partial charge in [0.15, 0.2) is 0 Å². The fourth-order valence-corrected chi connectivity index (χ4v) is 2.53. The Bertz CT molecular complexity index is 804. The maximum Gasteiger partial charge on any atom is 0.272 e. The van der Waals surface area contributed by atoms with Crippen molar-refractivity contribution in [3.63, 3.8) is 0 Å². The molecule has 0 radical (unpaired) electrons. The highest BCUT2D eigenvalue weighted by atomic mass is 16.5. The Labute approximate surface area is 154 Å². The summed E-state index contributed by atoms with van der Waals surface area (Å²) in [5, 5.41) is 7.04. The zero-order valence-electron chi connectivity index (χ0n) is 16.1. The number of hydrogen-bond donors (Lipinski definition) is 1. The first kappa shape index (κ1) is 19.8. The molecule has 6 heteroatoms. The van der Waals surface area contributed by atoms with E-state index in [1.807, 2.05) is 19.1 Å². The van der Waals surface area contributed by atoms with Gasteiger partial charge in [0.25, 0.3) is 11.5 Å². The molecule has 0 fully saturated rings. The Hall–Kier alpha value is -2.47. The van der Waals surface area contributed by atoms with Gasteiger partial charge in [0.05, 0.1) is 19.2 Å². The van der Waals surface area contributed by atoms with Crippen LogP contribution in [0.5, 0.6) is 0 Å². The van der Waals surface area contributed by atoms with E-state index in [-0.39, 0.29) is 28.6 Å². The lowest BCUT2D eigenvalue weighted by atomic mass is 9.86. The van der Waals surface area contributed by atoms with Crippen molar-refractivity contribution in [3.05, 3.63) is 63.6 Å². The number of methoxy groups -OCH3 is 1. The number of aromatic nitrogens is 2. The molecule has 1 heterocycles. The van der Waals surface area contributed by atoms with Crippen LogP contribution in [0.4, 0.5) is 0 Å². The van der Waals surface area contributed by atoms with Gasteiger partial charge in [0.1, 0.15) is 5.69 Å². The number of nitrogens with zero attached hydrogens (tertiary/aromatic N) is 2. The lowest BCUT2D eigenvalue weighted by Crippen LogP contribution is -2.31. The summed E-state index contributed by atoms with van der Waals surface area (Å²) in [6, 6.07) is 10.8. The van der Waals surface area contributed by atoms with Crippen LogP contribution in [0, 0.1) is 0 Å². The van der Waals surface area contributed by atoms with Crippen LogP contribution in [0.1, 0.15) is 55.4 Å². The summed E-state index contributed by atoms with van der Waals surface area (Å²) >= 11 is 0. The predicted molar refractivity (Wildman–Crippen MR) is 101 cm³/mol. The first-order valence-corrected chi connectivity index (χ1v) is 8.71. The van der Waals surface area contributed by atoms with Gasteiger partial charge in [-0.25, -0.2) is 4.68 Å². The zero-order chi connectivity index (χ0) is 19.3. The van der Waals surface area contributed by atoms with E-state index in [0.717, 1.165) is 5.56 Å². The van der Waals surface area contributed by atoms with Crippen molar-refractivity contribution in [1.82, 2.24) is 15.1 Å². The molecular weight excluding hydrogens is 330 g/mol. The molecule has 1 aromatic carbocycles. The van der Waals surface area contributed by atoms with Gasteiger partial charge in [-0.2, -0.15) is 5.10 Å². The van der Waals surface area contributed by atoms with E-state index in [9.17, 15) is 9.59 Å². The van der Waals surface area contributed by atoms with Gasteiger partial charge >= 0.3 is 0 Å². The van der Waals surface area contributed by atoms with Crippen LogP contribution in [-0.4, -0.2) is 29.4 Å². The van der Waals surface area contributed by atoms with E-state index in [1.54, 1.807) is 7.11 Å². The van der Waals surface area contributed by atoms with E-state index in [2.05, 4.69) is 43.3 Å².